The predicted molar refractivity (Wildman–Crippen MR) is 140 cm³/mol. The lowest BCUT2D eigenvalue weighted by molar-refractivity contribution is 0.185. The lowest BCUT2D eigenvalue weighted by atomic mass is 10.1. The topological polar surface area (TPSA) is 86.7 Å². The Balaban J connectivity index is 1.17. The van der Waals surface area contributed by atoms with Crippen molar-refractivity contribution in [2.24, 2.45) is 5.92 Å². The van der Waals surface area contributed by atoms with E-state index < -0.39 is 0 Å². The number of piperazine rings is 1. The summed E-state index contributed by atoms with van der Waals surface area (Å²) < 4.78 is 2.11. The highest BCUT2D eigenvalue weighted by Gasteiger charge is 2.19. The van der Waals surface area contributed by atoms with Crippen molar-refractivity contribution in [1.82, 2.24) is 34.9 Å². The molecule has 1 aliphatic heterocycles. The van der Waals surface area contributed by atoms with E-state index in [2.05, 4.69) is 78.7 Å². The normalized spacial score (nSPS) is 18.3. The maximum Gasteiger partial charge on any atom is 0.206 e. The van der Waals surface area contributed by atoms with Gasteiger partial charge >= 0.3 is 0 Å². The standard InChI is InChI=1S/C27H34N8/c1-19(34-12-10-28-11-13-34)21-8-9-29-26(15-21)33-27-31-24-7-6-22(14-25(24)32-27)23-16-30-35(18-23)17-20-4-2-3-5-20/h6-9,14-16,18-20,28H,2-5,10-13,17H2,1H3,(H2,29,31,32,33). The van der Waals surface area contributed by atoms with Crippen LogP contribution in [0.5, 0.6) is 0 Å². The minimum absolute atomic E-state index is 0.355. The monoisotopic (exact) mass is 470 g/mol. The first kappa shape index (κ1) is 22.2. The van der Waals surface area contributed by atoms with Crippen molar-refractivity contribution in [3.8, 4) is 11.1 Å². The molecule has 1 unspecified atom stereocenters. The fourth-order valence-corrected chi connectivity index (χ4v) is 5.50. The number of H-pyrrole nitrogens is 1. The van der Waals surface area contributed by atoms with E-state index in [9.17, 15) is 0 Å². The molecule has 1 aliphatic carbocycles. The molecule has 0 spiro atoms. The number of nitrogens with one attached hydrogen (secondary N) is 3. The molecule has 1 saturated heterocycles. The third-order valence-electron chi connectivity index (χ3n) is 7.58. The smallest absolute Gasteiger partial charge is 0.206 e. The van der Waals surface area contributed by atoms with Gasteiger partial charge in [0.15, 0.2) is 0 Å². The highest BCUT2D eigenvalue weighted by Crippen LogP contribution is 2.28. The van der Waals surface area contributed by atoms with Gasteiger partial charge in [0, 0.05) is 56.7 Å². The summed E-state index contributed by atoms with van der Waals surface area (Å²) in [5, 5.41) is 11.4. The lowest BCUT2D eigenvalue weighted by Gasteiger charge is -2.33. The van der Waals surface area contributed by atoms with Crippen molar-refractivity contribution in [3.05, 3.63) is 54.5 Å². The summed E-state index contributed by atoms with van der Waals surface area (Å²) in [6.07, 6.45) is 11.4. The van der Waals surface area contributed by atoms with Crippen LogP contribution in [-0.2, 0) is 6.54 Å². The Morgan fingerprint density at radius 1 is 1.09 bits per heavy atom. The Morgan fingerprint density at radius 3 is 2.80 bits per heavy atom. The number of hydrogen-bond acceptors (Lipinski definition) is 6. The van der Waals surface area contributed by atoms with Crippen molar-refractivity contribution in [3.63, 3.8) is 0 Å². The number of benzene rings is 1. The van der Waals surface area contributed by atoms with E-state index in [1.54, 1.807) is 0 Å². The molecule has 1 atom stereocenters. The summed E-state index contributed by atoms with van der Waals surface area (Å²) in [5.41, 5.74) is 5.48. The SMILES string of the molecule is CC(c1ccnc(Nc2nc3ccc(-c4cnn(CC5CCCC5)c4)cc3[nH]2)c1)N1CCNCC1. The van der Waals surface area contributed by atoms with Crippen LogP contribution in [0.3, 0.4) is 0 Å². The van der Waals surface area contributed by atoms with Gasteiger partial charge in [-0.1, -0.05) is 18.9 Å². The summed E-state index contributed by atoms with van der Waals surface area (Å²) in [7, 11) is 0. The minimum atomic E-state index is 0.355. The molecule has 8 nitrogen and oxygen atoms in total. The van der Waals surface area contributed by atoms with Crippen LogP contribution in [-0.4, -0.2) is 55.8 Å². The molecule has 0 radical (unpaired) electrons. The first-order chi connectivity index (χ1) is 17.2. The second kappa shape index (κ2) is 9.79. The van der Waals surface area contributed by atoms with Crippen molar-refractivity contribution >= 4 is 22.8 Å². The molecule has 182 valence electrons. The molecule has 0 amide bonds. The molecule has 1 aromatic carbocycles. The number of imidazole rings is 1. The van der Waals surface area contributed by atoms with E-state index in [1.165, 1.54) is 31.2 Å². The maximum atomic E-state index is 4.73. The van der Waals surface area contributed by atoms with E-state index in [-0.39, 0.29) is 0 Å². The lowest BCUT2D eigenvalue weighted by Crippen LogP contribution is -2.44. The van der Waals surface area contributed by atoms with Crippen molar-refractivity contribution in [2.75, 3.05) is 31.5 Å². The quantitative estimate of drug-likeness (QED) is 0.362. The van der Waals surface area contributed by atoms with E-state index in [0.717, 1.165) is 66.6 Å². The maximum absolute atomic E-state index is 4.73. The van der Waals surface area contributed by atoms with Crippen LogP contribution in [0.15, 0.2) is 48.9 Å². The highest BCUT2D eigenvalue weighted by atomic mass is 15.3. The zero-order valence-electron chi connectivity index (χ0n) is 20.4. The Bertz CT molecular complexity index is 1280. The first-order valence-corrected chi connectivity index (χ1v) is 12.9. The summed E-state index contributed by atoms with van der Waals surface area (Å²) in [4.78, 5) is 15.2. The number of anilines is 2. The van der Waals surface area contributed by atoms with Crippen molar-refractivity contribution in [1.29, 1.82) is 0 Å². The molecule has 0 bridgehead atoms. The Labute approximate surface area is 206 Å². The number of rotatable bonds is 7. The average molecular weight is 471 g/mol. The van der Waals surface area contributed by atoms with Crippen LogP contribution in [0, 0.1) is 5.92 Å². The van der Waals surface area contributed by atoms with Crippen LogP contribution in [0.4, 0.5) is 11.8 Å². The molecule has 3 aromatic heterocycles. The van der Waals surface area contributed by atoms with Crippen LogP contribution in [0.1, 0.15) is 44.2 Å². The molecule has 4 aromatic rings. The number of aromatic amines is 1. The van der Waals surface area contributed by atoms with Gasteiger partial charge in [0.05, 0.1) is 17.2 Å². The molecule has 2 aliphatic rings. The van der Waals surface area contributed by atoms with Gasteiger partial charge in [0.25, 0.3) is 0 Å². The summed E-state index contributed by atoms with van der Waals surface area (Å²) in [6.45, 7) is 7.52. The van der Waals surface area contributed by atoms with Gasteiger partial charge in [-0.25, -0.2) is 9.97 Å². The van der Waals surface area contributed by atoms with Crippen LogP contribution in [0.25, 0.3) is 22.2 Å². The van der Waals surface area contributed by atoms with Gasteiger partial charge in [-0.3, -0.25) is 9.58 Å². The molecule has 1 saturated carbocycles. The van der Waals surface area contributed by atoms with Gasteiger partial charge in [-0.05, 0) is 61.1 Å². The third-order valence-corrected chi connectivity index (χ3v) is 7.58. The van der Waals surface area contributed by atoms with Crippen LogP contribution in [0.2, 0.25) is 0 Å². The Morgan fingerprint density at radius 2 is 1.94 bits per heavy atom. The largest absolute Gasteiger partial charge is 0.324 e. The van der Waals surface area contributed by atoms with Gasteiger partial charge in [-0.15, -0.1) is 0 Å². The second-order valence-electron chi connectivity index (χ2n) is 9.98. The summed E-state index contributed by atoms with van der Waals surface area (Å²) in [5.74, 6) is 2.28. The van der Waals surface area contributed by atoms with Gasteiger partial charge in [0.2, 0.25) is 5.95 Å². The number of fused-ring (bicyclic) bond motifs is 1. The van der Waals surface area contributed by atoms with Crippen LogP contribution >= 0.6 is 0 Å². The second-order valence-corrected chi connectivity index (χ2v) is 9.98. The van der Waals surface area contributed by atoms with Crippen molar-refractivity contribution in [2.45, 2.75) is 45.2 Å². The molecule has 35 heavy (non-hydrogen) atoms. The molecule has 2 fully saturated rings. The third kappa shape index (κ3) is 4.94. The van der Waals surface area contributed by atoms with Crippen molar-refractivity contribution < 1.29 is 0 Å². The van der Waals surface area contributed by atoms with Crippen LogP contribution < -0.4 is 10.6 Å². The van der Waals surface area contributed by atoms with Gasteiger partial charge in [-0.2, -0.15) is 5.10 Å². The molecule has 3 N–H and O–H groups in total. The summed E-state index contributed by atoms with van der Waals surface area (Å²) in [6, 6.07) is 10.9. The number of aromatic nitrogens is 5. The zero-order chi connectivity index (χ0) is 23.6. The number of hydrogen-bond donors (Lipinski definition) is 3. The Kier molecular flexibility index (Phi) is 6.22. The fourth-order valence-electron chi connectivity index (χ4n) is 5.50. The molecule has 8 heteroatoms. The molecule has 6 rings (SSSR count). The van der Waals surface area contributed by atoms with E-state index in [0.29, 0.717) is 12.0 Å². The summed E-state index contributed by atoms with van der Waals surface area (Å²) >= 11 is 0. The number of nitrogens with zero attached hydrogens (tertiary/aromatic N) is 5. The molecular formula is C27H34N8. The Hall–Kier alpha value is -3.23. The fraction of sp³-hybridized carbons (Fsp3) is 0.444. The molecule has 4 heterocycles. The predicted octanol–water partition coefficient (Wildman–Crippen LogP) is 4.72. The van der Waals surface area contributed by atoms with Gasteiger partial charge in [0.1, 0.15) is 5.82 Å². The zero-order valence-corrected chi connectivity index (χ0v) is 20.4. The minimum Gasteiger partial charge on any atom is -0.324 e. The van der Waals surface area contributed by atoms with Gasteiger partial charge < -0.3 is 15.6 Å². The van der Waals surface area contributed by atoms with E-state index in [4.69, 9.17) is 4.98 Å². The average Bonchev–Trinajstić information content (AvgIpc) is 3.65. The number of pyridine rings is 1. The van der Waals surface area contributed by atoms with E-state index in [1.807, 2.05) is 12.4 Å². The van der Waals surface area contributed by atoms with E-state index >= 15 is 0 Å². The molecular weight excluding hydrogens is 436 g/mol. The first-order valence-electron chi connectivity index (χ1n) is 12.9. The highest BCUT2D eigenvalue weighted by molar-refractivity contribution is 5.83.